The smallest absolute Gasteiger partial charge is 0.319 e. The molecule has 3 rings (SSSR count). The Balaban J connectivity index is 0.00000243. The van der Waals surface area contributed by atoms with Crippen molar-refractivity contribution in [2.24, 2.45) is 5.73 Å². The number of likely N-dealkylation sites (tertiary alicyclic amines) is 1. The molecule has 7 nitrogen and oxygen atoms in total. The number of nitrogens with two attached hydrogens (primary N) is 1. The van der Waals surface area contributed by atoms with Gasteiger partial charge in [0.05, 0.1) is 5.54 Å². The zero-order valence-corrected chi connectivity index (χ0v) is 15.2. The lowest BCUT2D eigenvalue weighted by Gasteiger charge is -2.35. The van der Waals surface area contributed by atoms with E-state index in [0.717, 1.165) is 0 Å². The molecule has 2 heterocycles. The minimum absolute atomic E-state index is 0. The van der Waals surface area contributed by atoms with Gasteiger partial charge in [-0.05, 0) is 43.5 Å². The molecular formula is C17H24ClFN4O3. The van der Waals surface area contributed by atoms with Crippen molar-refractivity contribution in [2.45, 2.75) is 30.8 Å². The van der Waals surface area contributed by atoms with Gasteiger partial charge in [0.2, 0.25) is 5.91 Å². The van der Waals surface area contributed by atoms with Gasteiger partial charge in [0.25, 0.3) is 0 Å². The first-order valence-electron chi connectivity index (χ1n) is 8.45. The lowest BCUT2D eigenvalue weighted by molar-refractivity contribution is -0.139. The summed E-state index contributed by atoms with van der Waals surface area (Å²) in [6, 6.07) is 5.03. The number of carbonyl (C=O) groups is 2. The van der Waals surface area contributed by atoms with Gasteiger partial charge in [-0.25, -0.2) is 9.18 Å². The van der Waals surface area contributed by atoms with Gasteiger partial charge in [0, 0.05) is 38.0 Å². The number of hydrogen-bond donors (Lipinski definition) is 3. The summed E-state index contributed by atoms with van der Waals surface area (Å²) < 4.78 is 18.1. The highest BCUT2D eigenvalue weighted by atomic mass is 35.5. The van der Waals surface area contributed by atoms with E-state index >= 15 is 0 Å². The number of benzene rings is 1. The number of amides is 3. The van der Waals surface area contributed by atoms with Gasteiger partial charge in [-0.15, -0.1) is 12.4 Å². The van der Waals surface area contributed by atoms with Gasteiger partial charge in [-0.2, -0.15) is 0 Å². The molecule has 0 radical (unpaired) electrons. The molecule has 1 aromatic carbocycles. The van der Waals surface area contributed by atoms with E-state index in [1.807, 2.05) is 0 Å². The minimum Gasteiger partial charge on any atom is -0.381 e. The van der Waals surface area contributed by atoms with Crippen molar-refractivity contribution in [3.63, 3.8) is 0 Å². The van der Waals surface area contributed by atoms with Crippen LogP contribution in [0, 0.1) is 5.82 Å². The number of anilines is 1. The number of hydrogen-bond acceptors (Lipinski definition) is 4. The third-order valence-electron chi connectivity index (χ3n) is 4.72. The summed E-state index contributed by atoms with van der Waals surface area (Å²) >= 11 is 0. The van der Waals surface area contributed by atoms with Crippen LogP contribution >= 0.6 is 12.4 Å². The van der Waals surface area contributed by atoms with Crippen molar-refractivity contribution in [3.8, 4) is 0 Å². The number of urea groups is 1. The Bertz CT molecular complexity index is 637. The number of ether oxygens (including phenoxy) is 1. The molecule has 9 heteroatoms. The number of nitrogens with zero attached hydrogens (tertiary/aromatic N) is 1. The molecule has 2 fully saturated rings. The van der Waals surface area contributed by atoms with E-state index < -0.39 is 5.54 Å². The SMILES string of the molecule is Cl.NC1(C(=O)N2CCC(NC(=O)Nc3ccc(F)cc3)C2)CCOCC1. The van der Waals surface area contributed by atoms with Crippen molar-refractivity contribution in [2.75, 3.05) is 31.6 Å². The monoisotopic (exact) mass is 386 g/mol. The largest absolute Gasteiger partial charge is 0.381 e. The zero-order valence-electron chi connectivity index (χ0n) is 14.4. The molecule has 1 atom stereocenters. The van der Waals surface area contributed by atoms with Crippen LogP contribution in [0.25, 0.3) is 0 Å². The second kappa shape index (κ2) is 8.66. The summed E-state index contributed by atoms with van der Waals surface area (Å²) in [7, 11) is 0. The van der Waals surface area contributed by atoms with E-state index in [9.17, 15) is 14.0 Å². The van der Waals surface area contributed by atoms with Crippen molar-refractivity contribution < 1.29 is 18.7 Å². The Morgan fingerprint density at radius 3 is 2.54 bits per heavy atom. The van der Waals surface area contributed by atoms with Gasteiger partial charge in [-0.3, -0.25) is 4.79 Å². The molecule has 0 aromatic heterocycles. The quantitative estimate of drug-likeness (QED) is 0.733. The average Bonchev–Trinajstić information content (AvgIpc) is 3.05. The van der Waals surface area contributed by atoms with Gasteiger partial charge in [-0.1, -0.05) is 0 Å². The van der Waals surface area contributed by atoms with Crippen LogP contribution in [0.3, 0.4) is 0 Å². The van der Waals surface area contributed by atoms with Gasteiger partial charge in [0.1, 0.15) is 5.82 Å². The van der Waals surface area contributed by atoms with E-state index in [2.05, 4.69) is 10.6 Å². The molecule has 0 spiro atoms. The first kappa shape index (κ1) is 20.4. The van der Waals surface area contributed by atoms with E-state index in [1.165, 1.54) is 24.3 Å². The maximum absolute atomic E-state index is 12.9. The highest BCUT2D eigenvalue weighted by molar-refractivity contribution is 5.90. The first-order chi connectivity index (χ1) is 12.0. The fourth-order valence-electron chi connectivity index (χ4n) is 3.21. The van der Waals surface area contributed by atoms with Gasteiger partial charge >= 0.3 is 6.03 Å². The fourth-order valence-corrected chi connectivity index (χ4v) is 3.21. The normalized spacial score (nSPS) is 21.6. The lowest BCUT2D eigenvalue weighted by atomic mass is 9.90. The summed E-state index contributed by atoms with van der Waals surface area (Å²) in [5.41, 5.74) is 5.89. The van der Waals surface area contributed by atoms with Crippen molar-refractivity contribution in [1.82, 2.24) is 10.2 Å². The van der Waals surface area contributed by atoms with E-state index in [4.69, 9.17) is 10.5 Å². The topological polar surface area (TPSA) is 96.7 Å². The molecule has 2 aliphatic rings. The van der Waals surface area contributed by atoms with Crippen LogP contribution in [-0.2, 0) is 9.53 Å². The number of carbonyl (C=O) groups excluding carboxylic acids is 2. The average molecular weight is 387 g/mol. The summed E-state index contributed by atoms with van der Waals surface area (Å²) in [5, 5.41) is 5.49. The number of rotatable bonds is 3. The minimum atomic E-state index is -0.858. The molecule has 1 unspecified atom stereocenters. The molecule has 3 amide bonds. The van der Waals surface area contributed by atoms with E-state index in [0.29, 0.717) is 51.3 Å². The second-order valence-corrected chi connectivity index (χ2v) is 6.61. The van der Waals surface area contributed by atoms with E-state index in [-0.39, 0.29) is 36.2 Å². The van der Waals surface area contributed by atoms with Crippen LogP contribution in [0.1, 0.15) is 19.3 Å². The molecule has 2 aliphatic heterocycles. The van der Waals surface area contributed by atoms with Crippen LogP contribution in [0.2, 0.25) is 0 Å². The Hall–Kier alpha value is -1.90. The van der Waals surface area contributed by atoms with Crippen LogP contribution < -0.4 is 16.4 Å². The third kappa shape index (κ3) is 4.84. The standard InChI is InChI=1S/C17H23FN4O3.ClH/c18-12-1-3-13(4-2-12)20-16(24)21-14-5-8-22(11-14)15(23)17(19)6-9-25-10-7-17;/h1-4,14H,5-11,19H2,(H2,20,21,24);1H. The van der Waals surface area contributed by atoms with E-state index in [1.54, 1.807) is 4.90 Å². The predicted octanol–water partition coefficient (Wildman–Crippen LogP) is 1.48. The van der Waals surface area contributed by atoms with Crippen LogP contribution in [0.15, 0.2) is 24.3 Å². The Kier molecular flexibility index (Phi) is 6.80. The lowest BCUT2D eigenvalue weighted by Crippen LogP contribution is -2.58. The summed E-state index contributed by atoms with van der Waals surface area (Å²) in [6.45, 7) is 2.01. The van der Waals surface area contributed by atoms with Gasteiger partial charge < -0.3 is 26.0 Å². The summed E-state index contributed by atoms with van der Waals surface area (Å²) in [5.74, 6) is -0.432. The van der Waals surface area contributed by atoms with Crippen LogP contribution in [0.4, 0.5) is 14.9 Å². The third-order valence-corrected chi connectivity index (χ3v) is 4.72. The molecule has 144 valence electrons. The molecule has 0 aliphatic carbocycles. The van der Waals surface area contributed by atoms with Crippen molar-refractivity contribution in [3.05, 3.63) is 30.1 Å². The maximum Gasteiger partial charge on any atom is 0.319 e. The predicted molar refractivity (Wildman–Crippen MR) is 97.8 cm³/mol. The molecule has 1 aromatic rings. The Morgan fingerprint density at radius 1 is 1.23 bits per heavy atom. The van der Waals surface area contributed by atoms with Gasteiger partial charge in [0.15, 0.2) is 0 Å². The second-order valence-electron chi connectivity index (χ2n) is 6.61. The highest BCUT2D eigenvalue weighted by Crippen LogP contribution is 2.23. The Labute approximate surface area is 157 Å². The molecule has 0 bridgehead atoms. The molecule has 26 heavy (non-hydrogen) atoms. The summed E-state index contributed by atoms with van der Waals surface area (Å²) in [6.07, 6.45) is 1.71. The maximum atomic E-state index is 12.9. The van der Waals surface area contributed by atoms with Crippen molar-refractivity contribution >= 4 is 30.0 Å². The molecule has 0 saturated carbocycles. The number of nitrogens with one attached hydrogen (secondary N) is 2. The first-order valence-corrected chi connectivity index (χ1v) is 8.45. The zero-order chi connectivity index (χ0) is 17.9. The summed E-state index contributed by atoms with van der Waals surface area (Å²) in [4.78, 5) is 26.4. The number of halogens is 2. The van der Waals surface area contributed by atoms with Crippen molar-refractivity contribution in [1.29, 1.82) is 0 Å². The van der Waals surface area contributed by atoms with Crippen LogP contribution in [0.5, 0.6) is 0 Å². The molecule has 2 saturated heterocycles. The molecular weight excluding hydrogens is 363 g/mol. The van der Waals surface area contributed by atoms with Crippen LogP contribution in [-0.4, -0.2) is 54.7 Å². The highest BCUT2D eigenvalue weighted by Gasteiger charge is 2.41. The molecule has 4 N–H and O–H groups in total. The fraction of sp³-hybridized carbons (Fsp3) is 0.529. The Morgan fingerprint density at radius 2 is 1.88 bits per heavy atom.